The number of carbonyl (C=O) groups is 2. The number of likely N-dealkylation sites (tertiary alicyclic amines) is 1. The summed E-state index contributed by atoms with van der Waals surface area (Å²) in [5.41, 5.74) is 8.02. The molecule has 178 valence electrons. The van der Waals surface area contributed by atoms with Crippen molar-refractivity contribution in [1.29, 1.82) is 0 Å². The van der Waals surface area contributed by atoms with Gasteiger partial charge in [-0.3, -0.25) is 19.2 Å². The summed E-state index contributed by atoms with van der Waals surface area (Å²) in [6, 6.07) is 8.80. The normalized spacial score (nSPS) is 19.9. The zero-order valence-corrected chi connectivity index (χ0v) is 19.2. The van der Waals surface area contributed by atoms with Crippen LogP contribution >= 0.6 is 0 Å². The highest BCUT2D eigenvalue weighted by atomic mass is 16.2. The predicted octanol–water partition coefficient (Wildman–Crippen LogP) is 1.44. The summed E-state index contributed by atoms with van der Waals surface area (Å²) >= 11 is 0. The molecular formula is C24H35N7O2. The molecule has 4 N–H and O–H groups in total. The summed E-state index contributed by atoms with van der Waals surface area (Å²) < 4.78 is 1.76. The smallest absolute Gasteiger partial charge is 0.273 e. The Labute approximate surface area is 195 Å². The number of rotatable bonds is 9. The average molecular weight is 454 g/mol. The molecule has 0 radical (unpaired) electrons. The van der Waals surface area contributed by atoms with Crippen molar-refractivity contribution in [3.63, 3.8) is 0 Å². The van der Waals surface area contributed by atoms with Crippen LogP contribution in [0.2, 0.25) is 0 Å². The number of amides is 2. The summed E-state index contributed by atoms with van der Waals surface area (Å²) in [6.45, 7) is 4.94. The molecule has 0 bridgehead atoms. The molecule has 0 spiro atoms. The monoisotopic (exact) mass is 453 g/mol. The van der Waals surface area contributed by atoms with Gasteiger partial charge in [-0.1, -0.05) is 35.9 Å². The fourth-order valence-electron chi connectivity index (χ4n) is 4.64. The molecule has 33 heavy (non-hydrogen) atoms. The molecule has 2 aromatic rings. The molecule has 2 fully saturated rings. The highest BCUT2D eigenvalue weighted by Crippen LogP contribution is 2.19. The quantitative estimate of drug-likeness (QED) is 0.529. The predicted molar refractivity (Wildman–Crippen MR) is 125 cm³/mol. The lowest BCUT2D eigenvalue weighted by molar-refractivity contribution is -0.123. The summed E-state index contributed by atoms with van der Waals surface area (Å²) in [5.74, 6) is -0.374. The fraction of sp³-hybridized carbons (Fsp3) is 0.583. The van der Waals surface area contributed by atoms with Gasteiger partial charge in [0.2, 0.25) is 5.91 Å². The number of hydrogen-bond acceptors (Lipinski definition) is 6. The first-order valence-corrected chi connectivity index (χ1v) is 12.1. The third-order valence-corrected chi connectivity index (χ3v) is 6.76. The van der Waals surface area contributed by atoms with E-state index in [1.165, 1.54) is 24.8 Å². The van der Waals surface area contributed by atoms with E-state index in [1.807, 2.05) is 12.1 Å². The average Bonchev–Trinajstić information content (AvgIpc) is 3.32. The van der Waals surface area contributed by atoms with Gasteiger partial charge < -0.3 is 16.4 Å². The molecule has 1 unspecified atom stereocenters. The summed E-state index contributed by atoms with van der Waals surface area (Å²) in [7, 11) is 0. The van der Waals surface area contributed by atoms with Crippen LogP contribution in [0.4, 0.5) is 0 Å². The molecule has 4 rings (SSSR count). The number of nitrogens with zero attached hydrogens (tertiary/aromatic N) is 4. The van der Waals surface area contributed by atoms with E-state index in [0.29, 0.717) is 18.3 Å². The number of hydrogen-bond donors (Lipinski definition) is 3. The lowest BCUT2D eigenvalue weighted by Crippen LogP contribution is -2.38. The second-order valence-corrected chi connectivity index (χ2v) is 9.25. The van der Waals surface area contributed by atoms with Crippen LogP contribution in [0.5, 0.6) is 0 Å². The third-order valence-electron chi connectivity index (χ3n) is 6.76. The Bertz CT molecular complexity index is 913. The SMILES string of the molecule is NC(=O)C1CCN(Cc2ccc(CNC(=O)c3cn(CCC4CCCCN4)nn3)cc2)CC1. The van der Waals surface area contributed by atoms with E-state index in [9.17, 15) is 9.59 Å². The van der Waals surface area contributed by atoms with Crippen LogP contribution in [0.3, 0.4) is 0 Å². The Morgan fingerprint density at radius 3 is 2.55 bits per heavy atom. The molecule has 2 saturated heterocycles. The van der Waals surface area contributed by atoms with Gasteiger partial charge in [-0.25, -0.2) is 0 Å². The number of carbonyl (C=O) groups excluding carboxylic acids is 2. The van der Waals surface area contributed by atoms with Gasteiger partial charge >= 0.3 is 0 Å². The molecule has 1 atom stereocenters. The molecule has 2 amide bonds. The first-order valence-electron chi connectivity index (χ1n) is 12.1. The van der Waals surface area contributed by atoms with Crippen LogP contribution < -0.4 is 16.4 Å². The molecule has 1 aromatic heterocycles. The topological polar surface area (TPSA) is 118 Å². The van der Waals surface area contributed by atoms with Crippen LogP contribution in [-0.2, 0) is 24.4 Å². The maximum absolute atomic E-state index is 12.5. The van der Waals surface area contributed by atoms with Crippen molar-refractivity contribution < 1.29 is 9.59 Å². The Balaban J connectivity index is 1.19. The van der Waals surface area contributed by atoms with Crippen molar-refractivity contribution in [2.75, 3.05) is 19.6 Å². The third kappa shape index (κ3) is 6.85. The van der Waals surface area contributed by atoms with Gasteiger partial charge in [0.05, 0.1) is 6.20 Å². The Morgan fingerprint density at radius 1 is 1.09 bits per heavy atom. The zero-order valence-electron chi connectivity index (χ0n) is 19.2. The van der Waals surface area contributed by atoms with Crippen molar-refractivity contribution in [3.8, 4) is 0 Å². The minimum atomic E-state index is -0.210. The largest absolute Gasteiger partial charge is 0.369 e. The summed E-state index contributed by atoms with van der Waals surface area (Å²) in [4.78, 5) is 26.1. The van der Waals surface area contributed by atoms with Crippen LogP contribution in [-0.4, -0.2) is 57.4 Å². The van der Waals surface area contributed by atoms with Crippen molar-refractivity contribution in [3.05, 3.63) is 47.3 Å². The van der Waals surface area contributed by atoms with E-state index in [2.05, 4.69) is 38.0 Å². The van der Waals surface area contributed by atoms with E-state index < -0.39 is 0 Å². The fourth-order valence-corrected chi connectivity index (χ4v) is 4.64. The Kier molecular flexibility index (Phi) is 8.06. The molecule has 0 aliphatic carbocycles. The minimum Gasteiger partial charge on any atom is -0.369 e. The zero-order chi connectivity index (χ0) is 23.0. The van der Waals surface area contributed by atoms with Gasteiger partial charge in [0.1, 0.15) is 0 Å². The van der Waals surface area contributed by atoms with Crippen molar-refractivity contribution in [1.82, 2.24) is 30.5 Å². The van der Waals surface area contributed by atoms with E-state index in [4.69, 9.17) is 5.73 Å². The van der Waals surface area contributed by atoms with Crippen LogP contribution in [0.15, 0.2) is 30.5 Å². The maximum Gasteiger partial charge on any atom is 0.273 e. The minimum absolute atomic E-state index is 0.0164. The number of aromatic nitrogens is 3. The number of primary amides is 1. The van der Waals surface area contributed by atoms with E-state index >= 15 is 0 Å². The number of nitrogens with one attached hydrogen (secondary N) is 2. The first kappa shape index (κ1) is 23.4. The lowest BCUT2D eigenvalue weighted by Gasteiger charge is -2.30. The number of benzene rings is 1. The summed E-state index contributed by atoms with van der Waals surface area (Å²) in [6.07, 6.45) is 8.13. The highest BCUT2D eigenvalue weighted by Gasteiger charge is 2.23. The van der Waals surface area contributed by atoms with Gasteiger partial charge in [-0.2, -0.15) is 0 Å². The second kappa shape index (κ2) is 11.4. The number of piperidine rings is 2. The molecule has 2 aliphatic rings. The molecule has 9 heteroatoms. The molecule has 1 aromatic carbocycles. The van der Waals surface area contributed by atoms with Crippen molar-refractivity contribution in [2.24, 2.45) is 11.7 Å². The lowest BCUT2D eigenvalue weighted by atomic mass is 9.96. The Hall–Kier alpha value is -2.78. The van der Waals surface area contributed by atoms with Gasteiger partial charge in [0, 0.05) is 31.6 Å². The standard InChI is InChI=1S/C24H35N7O2/c25-23(32)20-8-12-30(13-9-20)16-19-6-4-18(5-7-19)15-27-24(33)22-17-31(29-28-22)14-10-21-3-1-2-11-26-21/h4-7,17,20-21,26H,1-3,8-16H2,(H2,25,32)(H,27,33). The van der Waals surface area contributed by atoms with Crippen LogP contribution in [0, 0.1) is 5.92 Å². The second-order valence-electron chi connectivity index (χ2n) is 9.25. The maximum atomic E-state index is 12.5. The van der Waals surface area contributed by atoms with Crippen molar-refractivity contribution in [2.45, 2.75) is 64.2 Å². The van der Waals surface area contributed by atoms with Crippen LogP contribution in [0.1, 0.15) is 60.1 Å². The summed E-state index contributed by atoms with van der Waals surface area (Å²) in [5, 5.41) is 14.6. The van der Waals surface area contributed by atoms with Gasteiger partial charge in [-0.15, -0.1) is 5.10 Å². The molecule has 0 saturated carbocycles. The molecule has 9 nitrogen and oxygen atoms in total. The molecule has 3 heterocycles. The number of nitrogens with two attached hydrogens (primary N) is 1. The van der Waals surface area contributed by atoms with E-state index in [-0.39, 0.29) is 17.7 Å². The van der Waals surface area contributed by atoms with Gasteiger partial charge in [-0.05, 0) is 62.9 Å². The van der Waals surface area contributed by atoms with Crippen LogP contribution in [0.25, 0.3) is 0 Å². The first-order chi connectivity index (χ1) is 16.1. The highest BCUT2D eigenvalue weighted by molar-refractivity contribution is 5.91. The van der Waals surface area contributed by atoms with Gasteiger partial charge in [0.15, 0.2) is 5.69 Å². The van der Waals surface area contributed by atoms with E-state index in [1.54, 1.807) is 10.9 Å². The molecule has 2 aliphatic heterocycles. The molecular weight excluding hydrogens is 418 g/mol. The number of aryl methyl sites for hydroxylation is 1. The van der Waals surface area contributed by atoms with Crippen molar-refractivity contribution >= 4 is 11.8 Å². The van der Waals surface area contributed by atoms with Gasteiger partial charge in [0.25, 0.3) is 5.91 Å². The van der Waals surface area contributed by atoms with E-state index in [0.717, 1.165) is 57.5 Å². The Morgan fingerprint density at radius 2 is 1.85 bits per heavy atom.